The van der Waals surface area contributed by atoms with Gasteiger partial charge in [0.05, 0.1) is 24.4 Å². The maximum Gasteiger partial charge on any atom is 0.417 e. The Bertz CT molecular complexity index is 754. The molecule has 6 atom stereocenters. The van der Waals surface area contributed by atoms with Gasteiger partial charge in [-0.25, -0.2) is 0 Å². The summed E-state index contributed by atoms with van der Waals surface area (Å²) in [5.74, 6) is -2.10. The number of carbonyl (C=O) groups is 3. The zero-order chi connectivity index (χ0) is 25.0. The van der Waals surface area contributed by atoms with E-state index in [1.54, 1.807) is 6.92 Å². The number of ether oxygens (including phenoxy) is 2. The molecule has 1 aliphatic carbocycles. The quantitative estimate of drug-likeness (QED) is 0.482. The van der Waals surface area contributed by atoms with Crippen LogP contribution >= 0.6 is 11.8 Å². The van der Waals surface area contributed by atoms with Gasteiger partial charge in [-0.05, 0) is 32.1 Å². The van der Waals surface area contributed by atoms with Crippen LogP contribution in [0.4, 0.5) is 13.2 Å². The van der Waals surface area contributed by atoms with Crippen molar-refractivity contribution in [3.05, 3.63) is 0 Å². The molecule has 12 heteroatoms. The van der Waals surface area contributed by atoms with Crippen molar-refractivity contribution in [3.8, 4) is 0 Å². The van der Waals surface area contributed by atoms with Gasteiger partial charge in [0.2, 0.25) is 0 Å². The maximum absolute atomic E-state index is 13.5. The monoisotopic (exact) mass is 509 g/mol. The fourth-order valence-corrected chi connectivity index (χ4v) is 6.59. The number of nitrogens with one attached hydrogen (secondary N) is 2. The SMILES string of the molecule is CCOC(=O)C1CC(C(C)C)SC1NC(=O)COC(=O)CN1C2CCCCC2NC1C(F)(F)F. The number of hydrogen-bond donors (Lipinski definition) is 2. The molecular formula is C22H34F3N3O5S. The Kier molecular flexibility index (Phi) is 9.13. The van der Waals surface area contributed by atoms with E-state index >= 15 is 0 Å². The fourth-order valence-electron chi connectivity index (χ4n) is 4.97. The van der Waals surface area contributed by atoms with Crippen molar-refractivity contribution in [2.24, 2.45) is 11.8 Å². The van der Waals surface area contributed by atoms with Gasteiger partial charge in [-0.2, -0.15) is 13.2 Å². The Labute approximate surface area is 202 Å². The van der Waals surface area contributed by atoms with E-state index in [0.29, 0.717) is 25.2 Å². The fraction of sp³-hybridized carbons (Fsp3) is 0.864. The molecule has 8 nitrogen and oxygen atoms in total. The summed E-state index contributed by atoms with van der Waals surface area (Å²) >= 11 is 1.47. The molecule has 3 fully saturated rings. The second-order valence-electron chi connectivity index (χ2n) is 9.40. The molecule has 0 bridgehead atoms. The highest BCUT2D eigenvalue weighted by Crippen LogP contribution is 2.41. The molecule has 2 saturated heterocycles. The number of carbonyl (C=O) groups excluding carboxylic acids is 3. The topological polar surface area (TPSA) is 97.0 Å². The van der Waals surface area contributed by atoms with Crippen molar-refractivity contribution in [1.29, 1.82) is 0 Å². The van der Waals surface area contributed by atoms with E-state index in [-0.39, 0.29) is 23.9 Å². The first-order valence-corrected chi connectivity index (χ1v) is 12.8. The summed E-state index contributed by atoms with van der Waals surface area (Å²) in [6.45, 7) is 4.83. The molecule has 2 N–H and O–H groups in total. The third-order valence-corrected chi connectivity index (χ3v) is 8.48. The molecule has 34 heavy (non-hydrogen) atoms. The van der Waals surface area contributed by atoms with Crippen LogP contribution in [0.15, 0.2) is 0 Å². The second kappa shape index (κ2) is 11.5. The lowest BCUT2D eigenvalue weighted by Crippen LogP contribution is -2.51. The number of rotatable bonds is 8. The van der Waals surface area contributed by atoms with E-state index < -0.39 is 54.7 Å². The third-order valence-electron chi connectivity index (χ3n) is 6.65. The van der Waals surface area contributed by atoms with Crippen LogP contribution in [0.2, 0.25) is 0 Å². The van der Waals surface area contributed by atoms with Gasteiger partial charge in [0.25, 0.3) is 5.91 Å². The Morgan fingerprint density at radius 2 is 1.88 bits per heavy atom. The highest BCUT2D eigenvalue weighted by atomic mass is 32.2. The van der Waals surface area contributed by atoms with Crippen LogP contribution in [0.25, 0.3) is 0 Å². The first-order valence-electron chi connectivity index (χ1n) is 11.9. The van der Waals surface area contributed by atoms with Crippen LogP contribution in [0.1, 0.15) is 52.9 Å². The van der Waals surface area contributed by atoms with Crippen LogP contribution in [-0.4, -0.2) is 77.6 Å². The van der Waals surface area contributed by atoms with Crippen LogP contribution in [0, 0.1) is 11.8 Å². The summed E-state index contributed by atoms with van der Waals surface area (Å²) in [6, 6.07) is -0.709. The Hall–Kier alpha value is -1.53. The largest absolute Gasteiger partial charge is 0.466 e. The zero-order valence-electron chi connectivity index (χ0n) is 19.7. The highest BCUT2D eigenvalue weighted by Gasteiger charge is 2.54. The van der Waals surface area contributed by atoms with Crippen LogP contribution in [0.3, 0.4) is 0 Å². The van der Waals surface area contributed by atoms with E-state index in [4.69, 9.17) is 9.47 Å². The molecule has 0 spiro atoms. The molecule has 0 aromatic carbocycles. The number of halogens is 3. The van der Waals surface area contributed by atoms with Crippen LogP contribution in [-0.2, 0) is 23.9 Å². The lowest BCUT2D eigenvalue weighted by Gasteiger charge is -2.32. The molecule has 0 aromatic heterocycles. The summed E-state index contributed by atoms with van der Waals surface area (Å²) in [5.41, 5.74) is 0. The minimum atomic E-state index is -4.52. The number of thioether (sulfide) groups is 1. The van der Waals surface area contributed by atoms with Crippen LogP contribution < -0.4 is 10.6 Å². The van der Waals surface area contributed by atoms with Crippen molar-refractivity contribution < 1.29 is 37.0 Å². The highest BCUT2D eigenvalue weighted by molar-refractivity contribution is 8.00. The first kappa shape index (κ1) is 27.1. The number of nitrogens with zero attached hydrogens (tertiary/aromatic N) is 1. The standard InChI is InChI=1S/C22H34F3N3O5S/c1-4-32-20(31)13-9-16(12(2)3)34-19(13)27-17(29)11-33-18(30)10-28-15-8-6-5-7-14(15)26-21(28)22(23,24)25/h12-16,19,21,26H,4-11H2,1-3H3,(H,27,29). The van der Waals surface area contributed by atoms with Gasteiger partial charge in [0.1, 0.15) is 0 Å². The average Bonchev–Trinajstić information content (AvgIpc) is 3.35. The molecule has 0 aromatic rings. The van der Waals surface area contributed by atoms with Crippen LogP contribution in [0.5, 0.6) is 0 Å². The molecule has 0 radical (unpaired) electrons. The van der Waals surface area contributed by atoms with Gasteiger partial charge in [-0.15, -0.1) is 11.8 Å². The smallest absolute Gasteiger partial charge is 0.417 e. The lowest BCUT2D eigenvalue weighted by atomic mass is 9.91. The number of hydrogen-bond acceptors (Lipinski definition) is 8. The molecule has 194 valence electrons. The number of alkyl halides is 3. The Morgan fingerprint density at radius 1 is 1.18 bits per heavy atom. The molecule has 1 saturated carbocycles. The van der Waals surface area contributed by atoms with Gasteiger partial charge in [-0.3, -0.25) is 24.6 Å². The summed E-state index contributed by atoms with van der Waals surface area (Å²) in [7, 11) is 0. The van der Waals surface area contributed by atoms with Crippen molar-refractivity contribution in [2.45, 2.75) is 87.9 Å². The van der Waals surface area contributed by atoms with Gasteiger partial charge < -0.3 is 14.8 Å². The van der Waals surface area contributed by atoms with E-state index in [0.717, 1.165) is 17.7 Å². The predicted octanol–water partition coefficient (Wildman–Crippen LogP) is 2.42. The van der Waals surface area contributed by atoms with Gasteiger partial charge in [-0.1, -0.05) is 26.7 Å². The Morgan fingerprint density at radius 3 is 2.53 bits per heavy atom. The minimum absolute atomic E-state index is 0.160. The molecule has 6 unspecified atom stereocenters. The molecule has 2 aliphatic heterocycles. The lowest BCUT2D eigenvalue weighted by molar-refractivity contribution is -0.188. The maximum atomic E-state index is 13.5. The second-order valence-corrected chi connectivity index (χ2v) is 10.8. The number of amides is 1. The summed E-state index contributed by atoms with van der Waals surface area (Å²) in [4.78, 5) is 38.2. The molecule has 3 rings (SSSR count). The number of fused-ring (bicyclic) bond motifs is 1. The molecule has 1 amide bonds. The summed E-state index contributed by atoms with van der Waals surface area (Å²) < 4.78 is 50.7. The molecule has 2 heterocycles. The summed E-state index contributed by atoms with van der Waals surface area (Å²) in [5, 5.41) is 4.97. The first-order chi connectivity index (χ1) is 16.0. The van der Waals surface area contributed by atoms with Gasteiger partial charge in [0, 0.05) is 17.3 Å². The zero-order valence-corrected chi connectivity index (χ0v) is 20.5. The van der Waals surface area contributed by atoms with E-state index in [2.05, 4.69) is 10.6 Å². The van der Waals surface area contributed by atoms with Crippen molar-refractivity contribution in [1.82, 2.24) is 15.5 Å². The Balaban J connectivity index is 1.53. The molecular weight excluding hydrogens is 475 g/mol. The average molecular weight is 510 g/mol. The number of esters is 2. The third kappa shape index (κ3) is 6.57. The van der Waals surface area contributed by atoms with Crippen molar-refractivity contribution in [2.75, 3.05) is 19.8 Å². The van der Waals surface area contributed by atoms with Crippen molar-refractivity contribution in [3.63, 3.8) is 0 Å². The normalized spacial score (nSPS) is 31.9. The summed E-state index contributed by atoms with van der Waals surface area (Å²) in [6.07, 6.45) is -3.01. The predicted molar refractivity (Wildman–Crippen MR) is 120 cm³/mol. The van der Waals surface area contributed by atoms with Gasteiger partial charge >= 0.3 is 18.1 Å². The van der Waals surface area contributed by atoms with E-state index in [9.17, 15) is 27.6 Å². The van der Waals surface area contributed by atoms with Crippen molar-refractivity contribution >= 4 is 29.6 Å². The van der Waals surface area contributed by atoms with Gasteiger partial charge in [0.15, 0.2) is 12.8 Å². The minimum Gasteiger partial charge on any atom is -0.466 e. The van der Waals surface area contributed by atoms with E-state index in [1.165, 1.54) is 11.8 Å². The van der Waals surface area contributed by atoms with E-state index in [1.807, 2.05) is 13.8 Å². The molecule has 3 aliphatic rings.